The zero-order valence-electron chi connectivity index (χ0n) is 19.8. The van der Waals surface area contributed by atoms with Gasteiger partial charge in [0.25, 0.3) is 0 Å². The molecule has 1 fully saturated rings. The van der Waals surface area contributed by atoms with Gasteiger partial charge >= 0.3 is 0 Å². The molecule has 0 spiro atoms. The van der Waals surface area contributed by atoms with Crippen LogP contribution in [-0.4, -0.2) is 68.6 Å². The molecule has 0 radical (unpaired) electrons. The number of sulfone groups is 1. The Morgan fingerprint density at radius 3 is 2.60 bits per heavy atom. The van der Waals surface area contributed by atoms with Crippen molar-refractivity contribution in [3.63, 3.8) is 0 Å². The summed E-state index contributed by atoms with van der Waals surface area (Å²) < 4.78 is 43.7. The summed E-state index contributed by atoms with van der Waals surface area (Å²) >= 11 is 0. The summed E-state index contributed by atoms with van der Waals surface area (Å²) in [7, 11) is -2.90. The molecule has 5 rings (SSSR count). The maximum atomic E-state index is 14.2. The van der Waals surface area contributed by atoms with Crippen molar-refractivity contribution < 1.29 is 22.3 Å². The zero-order valence-corrected chi connectivity index (χ0v) is 20.6. The van der Waals surface area contributed by atoms with Crippen molar-refractivity contribution in [2.24, 2.45) is 5.10 Å². The second-order valence-corrected chi connectivity index (χ2v) is 11.9. The molecule has 0 saturated carbocycles. The maximum absolute atomic E-state index is 14.2. The Morgan fingerprint density at radius 1 is 1.14 bits per heavy atom. The lowest BCUT2D eigenvalue weighted by Crippen LogP contribution is -2.53. The first kappa shape index (κ1) is 23.9. The van der Waals surface area contributed by atoms with E-state index < -0.39 is 15.3 Å². The molecule has 3 heterocycles. The van der Waals surface area contributed by atoms with Gasteiger partial charge in [0.05, 0.1) is 16.9 Å². The first-order valence-corrected chi connectivity index (χ1v) is 13.9. The van der Waals surface area contributed by atoms with E-state index in [0.29, 0.717) is 43.3 Å². The molecular formula is C26H30FN3O4S. The first-order valence-electron chi connectivity index (χ1n) is 12.1. The van der Waals surface area contributed by atoms with Crippen LogP contribution in [0.2, 0.25) is 0 Å². The number of Topliss-reactive ketones (excluding diaryl/α,β-unsaturated/α-hetero) is 1. The number of benzene rings is 2. The third kappa shape index (κ3) is 4.47. The number of anilines is 1. The number of halogens is 1. The van der Waals surface area contributed by atoms with Crippen LogP contribution < -0.4 is 9.75 Å². The normalized spacial score (nSPS) is 25.4. The van der Waals surface area contributed by atoms with E-state index in [1.807, 2.05) is 30.3 Å². The fourth-order valence-corrected chi connectivity index (χ4v) is 6.90. The summed E-state index contributed by atoms with van der Waals surface area (Å²) in [6, 6.07) is 14.0. The number of ether oxygens (including phenoxy) is 1. The molecule has 3 aliphatic rings. The minimum atomic E-state index is -2.90. The largest absolute Gasteiger partial charge is 0.489 e. The van der Waals surface area contributed by atoms with Gasteiger partial charge in [-0.15, -0.1) is 0 Å². The van der Waals surface area contributed by atoms with Crippen LogP contribution >= 0.6 is 0 Å². The molecule has 2 aromatic rings. The fourth-order valence-electron chi connectivity index (χ4n) is 5.62. The Labute approximate surface area is 205 Å². The number of fused-ring (bicyclic) bond motifs is 3. The molecular weight excluding hydrogens is 469 g/mol. The summed E-state index contributed by atoms with van der Waals surface area (Å²) in [4.78, 5) is 15.2. The van der Waals surface area contributed by atoms with E-state index in [-0.39, 0.29) is 29.1 Å². The quantitative estimate of drug-likeness (QED) is 0.545. The van der Waals surface area contributed by atoms with Gasteiger partial charge < -0.3 is 9.64 Å². The average molecular weight is 500 g/mol. The predicted molar refractivity (Wildman–Crippen MR) is 133 cm³/mol. The van der Waals surface area contributed by atoms with Gasteiger partial charge in [-0.3, -0.25) is 9.80 Å². The minimum absolute atomic E-state index is 0.109. The Hall–Kier alpha value is -2.78. The Balaban J connectivity index is 1.43. The zero-order chi connectivity index (χ0) is 24.6. The van der Waals surface area contributed by atoms with Crippen LogP contribution in [0, 0.1) is 5.82 Å². The molecule has 35 heavy (non-hydrogen) atoms. The van der Waals surface area contributed by atoms with Gasteiger partial charge in [0.1, 0.15) is 35.6 Å². The highest BCUT2D eigenvalue weighted by molar-refractivity contribution is 7.91. The van der Waals surface area contributed by atoms with Crippen LogP contribution in [0.1, 0.15) is 31.7 Å². The number of ketones is 1. The van der Waals surface area contributed by atoms with Crippen molar-refractivity contribution in [3.05, 3.63) is 59.9 Å². The van der Waals surface area contributed by atoms with Crippen molar-refractivity contribution in [3.8, 4) is 5.75 Å². The second kappa shape index (κ2) is 9.35. The van der Waals surface area contributed by atoms with Gasteiger partial charge in [0.15, 0.2) is 15.6 Å². The van der Waals surface area contributed by atoms with Crippen molar-refractivity contribution in [1.29, 1.82) is 0 Å². The molecule has 0 aliphatic carbocycles. The third-order valence-electron chi connectivity index (χ3n) is 7.41. The number of unbranched alkanes of at least 4 members (excludes halogenated alkanes) is 1. The highest BCUT2D eigenvalue weighted by Crippen LogP contribution is 2.48. The van der Waals surface area contributed by atoms with Gasteiger partial charge in [0, 0.05) is 26.1 Å². The predicted octanol–water partition coefficient (Wildman–Crippen LogP) is 3.19. The van der Waals surface area contributed by atoms with Gasteiger partial charge in [-0.1, -0.05) is 36.8 Å². The van der Waals surface area contributed by atoms with E-state index in [1.165, 1.54) is 19.1 Å². The topological polar surface area (TPSA) is 79.3 Å². The van der Waals surface area contributed by atoms with Crippen molar-refractivity contribution >= 4 is 27.0 Å². The summed E-state index contributed by atoms with van der Waals surface area (Å²) in [6.45, 7) is 3.82. The molecule has 0 unspecified atom stereocenters. The van der Waals surface area contributed by atoms with E-state index in [0.717, 1.165) is 24.9 Å². The minimum Gasteiger partial charge on any atom is -0.489 e. The number of carbonyl (C=O) groups is 1. The highest BCUT2D eigenvalue weighted by Gasteiger charge is 2.55. The van der Waals surface area contributed by atoms with Gasteiger partial charge in [0.2, 0.25) is 0 Å². The maximum Gasteiger partial charge on any atom is 0.176 e. The lowest BCUT2D eigenvalue weighted by Gasteiger charge is -2.41. The molecule has 1 saturated heterocycles. The molecule has 0 bridgehead atoms. The van der Waals surface area contributed by atoms with Crippen LogP contribution in [0.4, 0.5) is 10.1 Å². The number of hydrazone groups is 1. The van der Waals surface area contributed by atoms with Crippen LogP contribution in [0.25, 0.3) is 0 Å². The van der Waals surface area contributed by atoms with Crippen molar-refractivity contribution in [2.75, 3.05) is 42.8 Å². The van der Waals surface area contributed by atoms with Crippen molar-refractivity contribution in [1.82, 2.24) is 4.90 Å². The van der Waals surface area contributed by atoms with E-state index in [2.05, 4.69) is 4.90 Å². The molecule has 2 atom stereocenters. The number of nitrogens with zero attached hydrogens (tertiary/aromatic N) is 3. The van der Waals surface area contributed by atoms with Gasteiger partial charge in [-0.2, -0.15) is 5.10 Å². The lowest BCUT2D eigenvalue weighted by molar-refractivity contribution is -0.111. The third-order valence-corrected chi connectivity index (χ3v) is 9.02. The van der Waals surface area contributed by atoms with E-state index in [9.17, 15) is 17.6 Å². The van der Waals surface area contributed by atoms with Crippen LogP contribution in [0.3, 0.4) is 0 Å². The number of carbonyl (C=O) groups excluding carboxylic acids is 1. The van der Waals surface area contributed by atoms with Crippen LogP contribution in [0.5, 0.6) is 5.75 Å². The lowest BCUT2D eigenvalue weighted by atomic mass is 9.67. The molecule has 0 aromatic heterocycles. The summed E-state index contributed by atoms with van der Waals surface area (Å²) in [6.07, 6.45) is 2.38. The van der Waals surface area contributed by atoms with E-state index in [4.69, 9.17) is 9.84 Å². The Kier molecular flexibility index (Phi) is 6.40. The number of rotatable bonds is 7. The molecule has 7 nitrogen and oxygen atoms in total. The molecule has 0 N–H and O–H groups in total. The molecule has 2 aromatic carbocycles. The van der Waals surface area contributed by atoms with E-state index >= 15 is 0 Å². The SMILES string of the molecule is CC(=O)C1=NN2c3cc(F)ccc3OC[C@@H]2[C@]1(CCCCN1CCS(=O)(=O)CC1)c1ccccc1. The fraction of sp³-hybridized carbons (Fsp3) is 0.462. The van der Waals surface area contributed by atoms with Gasteiger partial charge in [-0.25, -0.2) is 12.8 Å². The second-order valence-electron chi connectivity index (χ2n) is 9.58. The van der Waals surface area contributed by atoms with E-state index in [1.54, 1.807) is 11.1 Å². The highest BCUT2D eigenvalue weighted by atomic mass is 32.2. The molecule has 186 valence electrons. The van der Waals surface area contributed by atoms with Gasteiger partial charge in [-0.05, 0) is 37.1 Å². The van der Waals surface area contributed by atoms with Crippen molar-refractivity contribution in [2.45, 2.75) is 37.6 Å². The summed E-state index contributed by atoms with van der Waals surface area (Å²) in [5.41, 5.74) is 1.31. The Morgan fingerprint density at radius 2 is 1.89 bits per heavy atom. The summed E-state index contributed by atoms with van der Waals surface area (Å²) in [5.74, 6) is 0.493. The monoisotopic (exact) mass is 499 g/mol. The number of hydrogen-bond donors (Lipinski definition) is 0. The van der Waals surface area contributed by atoms with Crippen LogP contribution in [0.15, 0.2) is 53.6 Å². The number of hydrogen-bond acceptors (Lipinski definition) is 7. The average Bonchev–Trinajstić information content (AvgIpc) is 3.19. The van der Waals surface area contributed by atoms with Crippen LogP contribution in [-0.2, 0) is 20.0 Å². The molecule has 0 amide bonds. The Bertz CT molecular complexity index is 1240. The standard InChI is InChI=1S/C26H30FN3O4S/c1-19(31)25-26(20-7-3-2-4-8-20,11-5-6-12-29-13-15-35(32,33)16-14-29)24-18-34-23-10-9-21(27)17-22(23)30(24)28-25/h2-4,7-10,17,24H,5-6,11-16,18H2,1H3/t24-,26+/m1/s1. The first-order chi connectivity index (χ1) is 16.8. The smallest absolute Gasteiger partial charge is 0.176 e. The molecule has 9 heteroatoms. The summed E-state index contributed by atoms with van der Waals surface area (Å²) in [5, 5.41) is 6.56. The molecule has 3 aliphatic heterocycles.